The molecule has 0 aromatic heterocycles. The summed E-state index contributed by atoms with van der Waals surface area (Å²) in [7, 11) is 0. The van der Waals surface area contributed by atoms with E-state index in [-0.39, 0.29) is 30.7 Å². The second kappa shape index (κ2) is 7.84. The van der Waals surface area contributed by atoms with E-state index >= 15 is 0 Å². The van der Waals surface area contributed by atoms with Gasteiger partial charge in [0.25, 0.3) is 5.69 Å². The number of aliphatic hydroxyl groups excluding tert-OH is 1. The Kier molecular flexibility index (Phi) is 5.83. The molecule has 0 bridgehead atoms. The number of nitro groups is 1. The maximum absolute atomic E-state index is 11.7. The van der Waals surface area contributed by atoms with Gasteiger partial charge in [-0.1, -0.05) is 12.1 Å². The van der Waals surface area contributed by atoms with Gasteiger partial charge in [0.1, 0.15) is 6.10 Å². The first-order valence-electron chi connectivity index (χ1n) is 7.43. The van der Waals surface area contributed by atoms with Crippen LogP contribution in [0, 0.1) is 16.0 Å². The largest absolute Gasteiger partial charge is 0.396 e. The van der Waals surface area contributed by atoms with Gasteiger partial charge in [0, 0.05) is 24.8 Å². The van der Waals surface area contributed by atoms with Gasteiger partial charge >= 0.3 is 5.97 Å². The van der Waals surface area contributed by atoms with Crippen molar-refractivity contribution in [1.82, 2.24) is 5.32 Å². The first-order valence-corrected chi connectivity index (χ1v) is 7.43. The summed E-state index contributed by atoms with van der Waals surface area (Å²) in [6.45, 7) is 1.54. The number of aliphatic hydroxyl groups is 1. The topological polar surface area (TPSA) is 128 Å². The average molecular weight is 338 g/mol. The van der Waals surface area contributed by atoms with Gasteiger partial charge in [-0.15, -0.1) is 0 Å². The van der Waals surface area contributed by atoms with Gasteiger partial charge in [0.05, 0.1) is 17.3 Å². The van der Waals surface area contributed by atoms with E-state index < -0.39 is 22.9 Å². The Hall–Kier alpha value is -2.52. The third-order valence-corrected chi connectivity index (χ3v) is 3.80. The second-order valence-corrected chi connectivity index (χ2v) is 5.51. The fourth-order valence-electron chi connectivity index (χ4n) is 2.51. The van der Waals surface area contributed by atoms with Crippen molar-refractivity contribution in [2.45, 2.75) is 31.9 Å². The van der Waals surface area contributed by atoms with Crippen LogP contribution >= 0.6 is 0 Å². The molecule has 1 fully saturated rings. The standard InChI is InChI=1S/C15H18N2O7/c1-9(14-12(6-7-18)16-15(14)20)23-24-13(19)8-10-2-4-11(5-3-10)17(21)22/h2-5,9,12,14,18H,6-8H2,1H3,(H,16,20)/t9?,12-,14-/m1/s1. The molecule has 1 unspecified atom stereocenters. The summed E-state index contributed by atoms with van der Waals surface area (Å²) in [6, 6.07) is 5.30. The van der Waals surface area contributed by atoms with E-state index in [1.807, 2.05) is 0 Å². The molecule has 1 aliphatic heterocycles. The molecule has 3 atom stereocenters. The van der Waals surface area contributed by atoms with Crippen molar-refractivity contribution in [3.05, 3.63) is 39.9 Å². The number of nitro benzene ring substituents is 1. The van der Waals surface area contributed by atoms with Gasteiger partial charge in [-0.05, 0) is 18.9 Å². The molecule has 2 N–H and O–H groups in total. The first-order chi connectivity index (χ1) is 11.4. The predicted octanol–water partition coefficient (Wildman–Crippen LogP) is 0.498. The normalized spacial score (nSPS) is 20.7. The van der Waals surface area contributed by atoms with Crippen LogP contribution in [0.4, 0.5) is 5.69 Å². The van der Waals surface area contributed by atoms with Gasteiger partial charge in [-0.3, -0.25) is 19.8 Å². The first kappa shape index (κ1) is 17.8. The highest BCUT2D eigenvalue weighted by Gasteiger charge is 2.43. The molecule has 0 aliphatic carbocycles. The molecular weight excluding hydrogens is 320 g/mol. The number of carbonyl (C=O) groups is 2. The molecule has 1 aromatic carbocycles. The zero-order chi connectivity index (χ0) is 17.7. The summed E-state index contributed by atoms with van der Waals surface area (Å²) in [5.41, 5.74) is 0.476. The van der Waals surface area contributed by atoms with Gasteiger partial charge < -0.3 is 10.4 Å². The zero-order valence-corrected chi connectivity index (χ0v) is 13.0. The molecule has 1 aliphatic rings. The Morgan fingerprint density at radius 2 is 2.08 bits per heavy atom. The molecule has 1 aromatic rings. The quantitative estimate of drug-likeness (QED) is 0.306. The number of amides is 1. The number of carbonyl (C=O) groups excluding carboxylic acids is 2. The maximum atomic E-state index is 11.7. The molecule has 9 heteroatoms. The third kappa shape index (κ3) is 4.27. The minimum Gasteiger partial charge on any atom is -0.396 e. The molecule has 24 heavy (non-hydrogen) atoms. The van der Waals surface area contributed by atoms with Crippen LogP contribution in [-0.4, -0.2) is 40.7 Å². The van der Waals surface area contributed by atoms with Crippen LogP contribution in [0.15, 0.2) is 24.3 Å². The number of nitrogens with one attached hydrogen (secondary N) is 1. The van der Waals surface area contributed by atoms with Crippen LogP contribution in [0.1, 0.15) is 18.9 Å². The number of nitrogens with zero attached hydrogens (tertiary/aromatic N) is 1. The Labute approximate surface area is 137 Å². The Bertz CT molecular complexity index is 617. The smallest absolute Gasteiger partial charge is 0.346 e. The summed E-state index contributed by atoms with van der Waals surface area (Å²) in [4.78, 5) is 43.0. The minimum atomic E-state index is -0.672. The lowest BCUT2D eigenvalue weighted by molar-refractivity contribution is -0.384. The lowest BCUT2D eigenvalue weighted by Gasteiger charge is -2.38. The molecule has 9 nitrogen and oxygen atoms in total. The number of non-ortho nitro benzene ring substituents is 1. The SMILES string of the molecule is CC(OOC(=O)Cc1ccc([N+](=O)[O-])cc1)[C@H]1C(=O)N[C@@H]1CCO. The van der Waals surface area contributed by atoms with E-state index in [2.05, 4.69) is 5.32 Å². The minimum absolute atomic E-state index is 0.0614. The summed E-state index contributed by atoms with van der Waals surface area (Å²) in [5.74, 6) is -1.37. The summed E-state index contributed by atoms with van der Waals surface area (Å²) >= 11 is 0. The highest BCUT2D eigenvalue weighted by Crippen LogP contribution is 2.24. The van der Waals surface area contributed by atoms with E-state index in [0.29, 0.717) is 12.0 Å². The van der Waals surface area contributed by atoms with Crippen LogP contribution in [0.5, 0.6) is 0 Å². The molecule has 0 spiro atoms. The molecule has 0 radical (unpaired) electrons. The van der Waals surface area contributed by atoms with Gasteiger partial charge in [0.2, 0.25) is 5.91 Å². The van der Waals surface area contributed by atoms with E-state index in [9.17, 15) is 19.7 Å². The predicted molar refractivity (Wildman–Crippen MR) is 80.6 cm³/mol. The zero-order valence-electron chi connectivity index (χ0n) is 13.0. The Morgan fingerprint density at radius 1 is 1.42 bits per heavy atom. The van der Waals surface area contributed by atoms with Crippen molar-refractivity contribution in [2.24, 2.45) is 5.92 Å². The number of hydrogen-bond donors (Lipinski definition) is 2. The highest BCUT2D eigenvalue weighted by atomic mass is 17.2. The molecule has 1 heterocycles. The summed E-state index contributed by atoms with van der Waals surface area (Å²) in [5, 5.41) is 22.1. The molecule has 1 saturated heterocycles. The fraction of sp³-hybridized carbons (Fsp3) is 0.467. The summed E-state index contributed by atoms with van der Waals surface area (Å²) in [6.07, 6.45) is -0.348. The number of hydrogen-bond acceptors (Lipinski definition) is 7. The molecular formula is C15H18N2O7. The van der Waals surface area contributed by atoms with E-state index in [1.54, 1.807) is 6.92 Å². The lowest BCUT2D eigenvalue weighted by atomic mass is 9.84. The van der Waals surface area contributed by atoms with Crippen molar-refractivity contribution < 1.29 is 29.4 Å². The van der Waals surface area contributed by atoms with Crippen molar-refractivity contribution in [3.8, 4) is 0 Å². The van der Waals surface area contributed by atoms with Crippen LogP contribution in [0.3, 0.4) is 0 Å². The van der Waals surface area contributed by atoms with Crippen molar-refractivity contribution >= 4 is 17.6 Å². The van der Waals surface area contributed by atoms with Gasteiger partial charge in [-0.2, -0.15) is 4.89 Å². The highest BCUT2D eigenvalue weighted by molar-refractivity contribution is 5.86. The second-order valence-electron chi connectivity index (χ2n) is 5.51. The van der Waals surface area contributed by atoms with Crippen molar-refractivity contribution in [1.29, 1.82) is 0 Å². The van der Waals surface area contributed by atoms with E-state index in [0.717, 1.165) is 0 Å². The lowest BCUT2D eigenvalue weighted by Crippen LogP contribution is -2.62. The van der Waals surface area contributed by atoms with Crippen LogP contribution in [0.25, 0.3) is 0 Å². The van der Waals surface area contributed by atoms with E-state index in [1.165, 1.54) is 24.3 Å². The van der Waals surface area contributed by atoms with Gasteiger partial charge in [0.15, 0.2) is 0 Å². The third-order valence-electron chi connectivity index (χ3n) is 3.80. The molecule has 2 rings (SSSR count). The Balaban J connectivity index is 1.80. The molecule has 1 amide bonds. The van der Waals surface area contributed by atoms with Crippen LogP contribution in [0.2, 0.25) is 0 Å². The summed E-state index contributed by atoms with van der Waals surface area (Å²) < 4.78 is 0. The van der Waals surface area contributed by atoms with Crippen molar-refractivity contribution in [2.75, 3.05) is 6.61 Å². The number of rotatable bonds is 8. The van der Waals surface area contributed by atoms with Crippen LogP contribution < -0.4 is 5.32 Å². The number of β-lactam (4-membered cyclic amide) rings is 1. The van der Waals surface area contributed by atoms with Gasteiger partial charge in [-0.25, -0.2) is 4.79 Å². The Morgan fingerprint density at radius 3 is 2.62 bits per heavy atom. The molecule has 130 valence electrons. The van der Waals surface area contributed by atoms with Crippen molar-refractivity contribution in [3.63, 3.8) is 0 Å². The average Bonchev–Trinajstić information content (AvgIpc) is 2.53. The molecule has 0 saturated carbocycles. The van der Waals surface area contributed by atoms with E-state index in [4.69, 9.17) is 14.9 Å². The fourth-order valence-corrected chi connectivity index (χ4v) is 2.51. The maximum Gasteiger partial charge on any atom is 0.346 e. The number of benzene rings is 1. The van der Waals surface area contributed by atoms with Crippen LogP contribution in [-0.2, 0) is 25.8 Å². The monoisotopic (exact) mass is 338 g/mol.